The van der Waals surface area contributed by atoms with Gasteiger partial charge in [0.05, 0.1) is 13.2 Å². The molecule has 0 aromatic heterocycles. The lowest BCUT2D eigenvalue weighted by Gasteiger charge is -2.30. The fraction of sp³-hybridized carbons (Fsp3) is 0.895. The van der Waals surface area contributed by atoms with Gasteiger partial charge in [-0.15, -0.1) is 0 Å². The highest BCUT2D eigenvalue weighted by Gasteiger charge is 2.29. The number of hydrogen-bond acceptors (Lipinski definition) is 5. The van der Waals surface area contributed by atoms with Crippen molar-refractivity contribution in [2.75, 3.05) is 20.3 Å². The van der Waals surface area contributed by atoms with E-state index in [1.807, 2.05) is 25.7 Å². The minimum Gasteiger partial charge on any atom is -0.469 e. The van der Waals surface area contributed by atoms with Gasteiger partial charge in [0.2, 0.25) is 0 Å². The fourth-order valence-corrected chi connectivity index (χ4v) is 2.38. The van der Waals surface area contributed by atoms with Crippen LogP contribution >= 0.6 is 0 Å². The van der Waals surface area contributed by atoms with Crippen molar-refractivity contribution in [3.63, 3.8) is 0 Å². The van der Waals surface area contributed by atoms with E-state index in [1.165, 1.54) is 14.0 Å². The smallest absolute Gasteiger partial charge is 0.410 e. The van der Waals surface area contributed by atoms with E-state index in [9.17, 15) is 9.59 Å². The number of amides is 1. The van der Waals surface area contributed by atoms with Crippen LogP contribution in [0.1, 0.15) is 73.6 Å². The lowest BCUT2D eigenvalue weighted by atomic mass is 10.1. The summed E-state index contributed by atoms with van der Waals surface area (Å²) < 4.78 is 15.5. The Kier molecular flexibility index (Phi) is 11.5. The van der Waals surface area contributed by atoms with Crippen LogP contribution in [-0.4, -0.2) is 55.0 Å². The van der Waals surface area contributed by atoms with Gasteiger partial charge in [-0.1, -0.05) is 13.3 Å². The number of carbonyl (C=O) groups excluding carboxylic acids is 2. The van der Waals surface area contributed by atoms with Crippen molar-refractivity contribution in [2.24, 2.45) is 0 Å². The first-order valence-electron chi connectivity index (χ1n) is 9.26. The van der Waals surface area contributed by atoms with Crippen molar-refractivity contribution in [2.45, 2.75) is 91.4 Å². The second-order valence-corrected chi connectivity index (χ2v) is 7.43. The van der Waals surface area contributed by atoms with Gasteiger partial charge >= 0.3 is 12.1 Å². The van der Waals surface area contributed by atoms with Crippen molar-refractivity contribution in [1.29, 1.82) is 0 Å². The van der Waals surface area contributed by atoms with Crippen molar-refractivity contribution < 1.29 is 23.8 Å². The summed E-state index contributed by atoms with van der Waals surface area (Å²) in [5.74, 6) is -0.245. The molecule has 1 fully saturated rings. The molecule has 0 bridgehead atoms. The molecule has 25 heavy (non-hydrogen) atoms. The molecule has 2 atom stereocenters. The Morgan fingerprint density at radius 1 is 1.16 bits per heavy atom. The molecular weight excluding hydrogens is 322 g/mol. The van der Waals surface area contributed by atoms with Crippen LogP contribution in [0.3, 0.4) is 0 Å². The van der Waals surface area contributed by atoms with Gasteiger partial charge in [0.15, 0.2) is 0 Å². The maximum absolute atomic E-state index is 12.2. The molecule has 1 amide bonds. The molecule has 0 aliphatic carbocycles. The Labute approximate surface area is 153 Å². The topological polar surface area (TPSA) is 65.1 Å². The number of ether oxygens (including phenoxy) is 3. The molecule has 0 N–H and O–H groups in total. The van der Waals surface area contributed by atoms with Crippen molar-refractivity contribution in [3.8, 4) is 0 Å². The first-order chi connectivity index (χ1) is 11.6. The molecule has 1 aliphatic rings. The van der Waals surface area contributed by atoms with E-state index < -0.39 is 5.60 Å². The normalized spacial score (nSPS) is 20.8. The number of hydrogen-bond donors (Lipinski definition) is 0. The highest BCUT2D eigenvalue weighted by Crippen LogP contribution is 2.22. The maximum atomic E-state index is 12.2. The summed E-state index contributed by atoms with van der Waals surface area (Å²) in [5.41, 5.74) is -0.430. The fourth-order valence-electron chi connectivity index (χ4n) is 2.38. The summed E-state index contributed by atoms with van der Waals surface area (Å²) >= 11 is 0. The van der Waals surface area contributed by atoms with Gasteiger partial charge in [0.1, 0.15) is 5.60 Å². The zero-order chi connectivity index (χ0) is 19.5. The van der Waals surface area contributed by atoms with Crippen LogP contribution in [0.15, 0.2) is 0 Å². The Hall–Kier alpha value is -1.30. The molecule has 6 heteroatoms. The predicted molar refractivity (Wildman–Crippen MR) is 98.6 cm³/mol. The van der Waals surface area contributed by atoms with E-state index in [4.69, 9.17) is 9.47 Å². The van der Waals surface area contributed by atoms with Gasteiger partial charge in [-0.2, -0.15) is 0 Å². The van der Waals surface area contributed by atoms with Crippen molar-refractivity contribution in [1.82, 2.24) is 4.90 Å². The molecular formula is C19H37NO5. The number of esters is 1. The summed E-state index contributed by atoms with van der Waals surface area (Å²) in [5, 5.41) is 0. The monoisotopic (exact) mass is 359 g/mol. The van der Waals surface area contributed by atoms with Gasteiger partial charge in [0, 0.05) is 26.1 Å². The zero-order valence-corrected chi connectivity index (χ0v) is 17.1. The van der Waals surface area contributed by atoms with Gasteiger partial charge in [-0.3, -0.25) is 4.79 Å². The molecule has 6 nitrogen and oxygen atoms in total. The first-order valence-corrected chi connectivity index (χ1v) is 9.26. The largest absolute Gasteiger partial charge is 0.469 e. The highest BCUT2D eigenvalue weighted by molar-refractivity contribution is 5.68. The van der Waals surface area contributed by atoms with Crippen LogP contribution in [0.5, 0.6) is 0 Å². The molecule has 1 aliphatic heterocycles. The van der Waals surface area contributed by atoms with Gasteiger partial charge in [-0.05, 0) is 53.4 Å². The standard InChI is InChI=1S/C16H31NO3.C3H6O2/c1-6-7-12-19-14-9-8-13(2)17(11-10-14)15(18)20-16(3,4)5;1-3(4)5-2/h13-14H,6-12H2,1-5H3;1-2H3. The lowest BCUT2D eigenvalue weighted by molar-refractivity contribution is -0.137. The van der Waals surface area contributed by atoms with Crippen LogP contribution in [0.4, 0.5) is 4.79 Å². The third-order valence-corrected chi connectivity index (χ3v) is 3.90. The second kappa shape index (κ2) is 12.1. The average Bonchev–Trinajstić information content (AvgIpc) is 2.68. The lowest BCUT2D eigenvalue weighted by Crippen LogP contribution is -2.42. The highest BCUT2D eigenvalue weighted by atomic mass is 16.6. The minimum absolute atomic E-state index is 0.195. The van der Waals surface area contributed by atoms with E-state index in [0.717, 1.165) is 45.3 Å². The van der Waals surface area contributed by atoms with Crippen molar-refractivity contribution in [3.05, 3.63) is 0 Å². The molecule has 0 saturated carbocycles. The van der Waals surface area contributed by atoms with Gasteiger partial charge in [-0.25, -0.2) is 4.79 Å². The first kappa shape index (κ1) is 23.7. The second-order valence-electron chi connectivity index (χ2n) is 7.43. The number of unbranched alkanes of at least 4 members (excludes halogenated alkanes) is 1. The third kappa shape index (κ3) is 11.8. The molecule has 148 valence electrons. The van der Waals surface area contributed by atoms with Crippen LogP contribution in [0, 0.1) is 0 Å². The number of carbonyl (C=O) groups is 2. The molecule has 1 rings (SSSR count). The molecule has 1 saturated heterocycles. The Morgan fingerprint density at radius 3 is 2.24 bits per heavy atom. The van der Waals surface area contributed by atoms with Crippen LogP contribution < -0.4 is 0 Å². The minimum atomic E-state index is -0.430. The summed E-state index contributed by atoms with van der Waals surface area (Å²) in [7, 11) is 1.35. The summed E-state index contributed by atoms with van der Waals surface area (Å²) in [4.78, 5) is 23.7. The van der Waals surface area contributed by atoms with Crippen molar-refractivity contribution >= 4 is 12.1 Å². The van der Waals surface area contributed by atoms with E-state index in [2.05, 4.69) is 18.6 Å². The predicted octanol–water partition coefficient (Wildman–Crippen LogP) is 4.16. The third-order valence-electron chi connectivity index (χ3n) is 3.90. The number of rotatable bonds is 4. The number of methoxy groups -OCH3 is 1. The quantitative estimate of drug-likeness (QED) is 0.557. The van der Waals surface area contributed by atoms with Gasteiger partial charge < -0.3 is 19.1 Å². The molecule has 0 spiro atoms. The van der Waals surface area contributed by atoms with E-state index in [0.29, 0.717) is 0 Å². The SMILES string of the molecule is CCCCOC1CCC(C)N(C(=O)OC(C)(C)C)CC1.COC(C)=O. The van der Waals surface area contributed by atoms with Crippen LogP contribution in [0.25, 0.3) is 0 Å². The Morgan fingerprint density at radius 2 is 1.76 bits per heavy atom. The average molecular weight is 360 g/mol. The van der Waals surface area contributed by atoms with E-state index in [1.54, 1.807) is 0 Å². The summed E-state index contributed by atoms with van der Waals surface area (Å²) in [6.45, 7) is 12.9. The zero-order valence-electron chi connectivity index (χ0n) is 17.1. The van der Waals surface area contributed by atoms with E-state index >= 15 is 0 Å². The molecule has 0 aromatic rings. The summed E-state index contributed by atoms with van der Waals surface area (Å²) in [6, 6.07) is 0.227. The van der Waals surface area contributed by atoms with Crippen LogP contribution in [0.2, 0.25) is 0 Å². The number of likely N-dealkylation sites (tertiary alicyclic amines) is 1. The molecule has 2 unspecified atom stereocenters. The summed E-state index contributed by atoms with van der Waals surface area (Å²) in [6.07, 6.45) is 5.29. The Balaban J connectivity index is 0.00000101. The maximum Gasteiger partial charge on any atom is 0.410 e. The Bertz CT molecular complexity index is 392. The molecule has 0 radical (unpaired) electrons. The van der Waals surface area contributed by atoms with Crippen LogP contribution in [-0.2, 0) is 19.0 Å². The van der Waals surface area contributed by atoms with Gasteiger partial charge in [0.25, 0.3) is 0 Å². The molecule has 1 heterocycles. The van der Waals surface area contributed by atoms with E-state index in [-0.39, 0.29) is 24.2 Å². The number of nitrogens with zero attached hydrogens (tertiary/aromatic N) is 1. The molecule has 0 aromatic carbocycles.